The fourth-order valence-electron chi connectivity index (χ4n) is 3.48. The smallest absolute Gasteiger partial charge is 0.343 e. The van der Waals surface area contributed by atoms with Crippen molar-refractivity contribution in [3.63, 3.8) is 0 Å². The molecule has 0 saturated carbocycles. The van der Waals surface area contributed by atoms with Gasteiger partial charge in [0.05, 0.1) is 26.7 Å². The van der Waals surface area contributed by atoms with E-state index in [9.17, 15) is 14.4 Å². The highest BCUT2D eigenvalue weighted by atomic mass is 35.5. The lowest BCUT2D eigenvalue weighted by Crippen LogP contribution is -2.30. The van der Waals surface area contributed by atoms with Gasteiger partial charge in [0.2, 0.25) is 0 Å². The third kappa shape index (κ3) is 3.77. The van der Waals surface area contributed by atoms with Crippen LogP contribution in [0.25, 0.3) is 10.9 Å². The molecule has 1 aromatic heterocycles. The molecule has 0 radical (unpaired) electrons. The Labute approximate surface area is 188 Å². The first-order chi connectivity index (χ1) is 14.8. The van der Waals surface area contributed by atoms with Crippen LogP contribution >= 0.6 is 23.2 Å². The predicted octanol–water partition coefficient (Wildman–Crippen LogP) is 5.47. The van der Waals surface area contributed by atoms with E-state index in [2.05, 4.69) is 4.98 Å². The molecule has 2 aromatic carbocycles. The van der Waals surface area contributed by atoms with Gasteiger partial charge >= 0.3 is 5.97 Å². The Morgan fingerprint density at radius 1 is 1.03 bits per heavy atom. The molecular weight excluding hydrogens is 439 g/mol. The van der Waals surface area contributed by atoms with E-state index in [1.807, 2.05) is 6.92 Å². The largest absolute Gasteiger partial charge is 0.419 e. The van der Waals surface area contributed by atoms with Crippen LogP contribution in [0.1, 0.15) is 56.5 Å². The van der Waals surface area contributed by atoms with Gasteiger partial charge in [0.25, 0.3) is 11.8 Å². The van der Waals surface area contributed by atoms with Crippen LogP contribution in [0.5, 0.6) is 5.75 Å². The van der Waals surface area contributed by atoms with E-state index in [-0.39, 0.29) is 33.4 Å². The summed E-state index contributed by atoms with van der Waals surface area (Å²) in [5.41, 5.74) is 1.67. The average molecular weight is 457 g/mol. The third-order valence-corrected chi connectivity index (χ3v) is 5.71. The van der Waals surface area contributed by atoms with Gasteiger partial charge in [0, 0.05) is 17.6 Å². The number of benzene rings is 2. The Balaban J connectivity index is 1.68. The summed E-state index contributed by atoms with van der Waals surface area (Å²) in [6.45, 7) is 4.13. The zero-order chi connectivity index (χ0) is 22.3. The fourth-order valence-corrected chi connectivity index (χ4v) is 4.03. The first-order valence-electron chi connectivity index (χ1n) is 9.79. The summed E-state index contributed by atoms with van der Waals surface area (Å²) in [6, 6.07) is 9.37. The van der Waals surface area contributed by atoms with Crippen molar-refractivity contribution in [3.05, 3.63) is 68.8 Å². The maximum Gasteiger partial charge on any atom is 0.343 e. The van der Waals surface area contributed by atoms with Crippen molar-refractivity contribution in [1.82, 2.24) is 9.88 Å². The van der Waals surface area contributed by atoms with Crippen molar-refractivity contribution in [2.75, 3.05) is 6.54 Å². The quantitative estimate of drug-likeness (QED) is 0.289. The zero-order valence-corrected chi connectivity index (χ0v) is 18.4. The number of aryl methyl sites for hydroxylation is 1. The molecule has 0 bridgehead atoms. The highest BCUT2D eigenvalue weighted by Gasteiger charge is 2.35. The number of hydrogen-bond acceptors (Lipinski definition) is 5. The molecule has 1 aliphatic heterocycles. The highest BCUT2D eigenvalue weighted by Crippen LogP contribution is 2.38. The molecule has 0 N–H and O–H groups in total. The number of carbonyl (C=O) groups excluding carboxylic acids is 3. The van der Waals surface area contributed by atoms with Crippen LogP contribution in [-0.4, -0.2) is 34.2 Å². The van der Waals surface area contributed by atoms with Crippen LogP contribution in [0, 0.1) is 6.92 Å². The summed E-state index contributed by atoms with van der Waals surface area (Å²) in [5, 5.41) is 1.13. The highest BCUT2D eigenvalue weighted by molar-refractivity contribution is 6.39. The number of imide groups is 1. The minimum atomic E-state index is -0.719. The second-order valence-corrected chi connectivity index (χ2v) is 8.10. The Bertz CT molecular complexity index is 1260. The minimum Gasteiger partial charge on any atom is -0.419 e. The van der Waals surface area contributed by atoms with E-state index in [0.717, 1.165) is 12.8 Å². The summed E-state index contributed by atoms with van der Waals surface area (Å²) < 4.78 is 5.57. The lowest BCUT2D eigenvalue weighted by molar-refractivity contribution is 0.0651. The maximum atomic E-state index is 12.9. The van der Waals surface area contributed by atoms with Crippen molar-refractivity contribution in [2.45, 2.75) is 26.7 Å². The summed E-state index contributed by atoms with van der Waals surface area (Å²) in [7, 11) is 0. The Kier molecular flexibility index (Phi) is 5.69. The van der Waals surface area contributed by atoms with Gasteiger partial charge in [-0.15, -0.1) is 0 Å². The van der Waals surface area contributed by atoms with Crippen LogP contribution in [0.15, 0.2) is 36.4 Å². The number of carbonyl (C=O) groups is 3. The molecule has 31 heavy (non-hydrogen) atoms. The van der Waals surface area contributed by atoms with Crippen LogP contribution in [0.2, 0.25) is 10.0 Å². The fraction of sp³-hybridized carbons (Fsp3) is 0.217. The number of hydrogen-bond donors (Lipinski definition) is 0. The Hall–Kier alpha value is -2.96. The summed E-state index contributed by atoms with van der Waals surface area (Å²) in [6.07, 6.45) is 1.57. The normalized spacial score (nSPS) is 13.1. The predicted molar refractivity (Wildman–Crippen MR) is 118 cm³/mol. The third-order valence-electron chi connectivity index (χ3n) is 5.11. The van der Waals surface area contributed by atoms with Gasteiger partial charge in [-0.05, 0) is 49.7 Å². The van der Waals surface area contributed by atoms with Crippen molar-refractivity contribution < 1.29 is 19.1 Å². The van der Waals surface area contributed by atoms with Gasteiger partial charge in [0.15, 0.2) is 5.75 Å². The van der Waals surface area contributed by atoms with Gasteiger partial charge in [-0.25, -0.2) is 9.78 Å². The molecule has 4 rings (SSSR count). The number of unbranched alkanes of at least 4 members (excludes halogenated alkanes) is 1. The first-order valence-corrected chi connectivity index (χ1v) is 10.5. The van der Waals surface area contributed by atoms with Crippen LogP contribution in [0.4, 0.5) is 0 Å². The van der Waals surface area contributed by atoms with Gasteiger partial charge in [-0.1, -0.05) is 36.5 Å². The van der Waals surface area contributed by atoms with Crippen molar-refractivity contribution in [2.24, 2.45) is 0 Å². The van der Waals surface area contributed by atoms with Crippen molar-refractivity contribution in [1.29, 1.82) is 0 Å². The Morgan fingerprint density at radius 3 is 2.52 bits per heavy atom. The molecule has 0 spiro atoms. The number of esters is 1. The summed E-state index contributed by atoms with van der Waals surface area (Å²) in [5.74, 6) is -1.39. The van der Waals surface area contributed by atoms with Crippen molar-refractivity contribution >= 4 is 51.9 Å². The van der Waals surface area contributed by atoms with E-state index < -0.39 is 11.9 Å². The molecule has 158 valence electrons. The number of halogens is 2. The number of amides is 2. The molecule has 2 heterocycles. The SMILES string of the molecule is CCCCN1C(=O)c2ccc(C(=O)Oc3c(Cl)cc(Cl)c4ccc(C)nc34)cc2C1=O. The van der Waals surface area contributed by atoms with E-state index in [1.165, 1.54) is 29.2 Å². The second-order valence-electron chi connectivity index (χ2n) is 7.28. The van der Waals surface area contributed by atoms with E-state index in [1.54, 1.807) is 19.1 Å². The molecule has 0 saturated heterocycles. The molecule has 3 aromatic rings. The zero-order valence-electron chi connectivity index (χ0n) is 16.9. The molecule has 6 nitrogen and oxygen atoms in total. The number of pyridine rings is 1. The molecule has 0 fully saturated rings. The number of aromatic nitrogens is 1. The monoisotopic (exact) mass is 456 g/mol. The van der Waals surface area contributed by atoms with Crippen LogP contribution in [0.3, 0.4) is 0 Å². The Morgan fingerprint density at radius 2 is 1.77 bits per heavy atom. The second kappa shape index (κ2) is 8.29. The lowest BCUT2D eigenvalue weighted by Gasteiger charge is -2.12. The number of ether oxygens (including phenoxy) is 1. The average Bonchev–Trinajstić information content (AvgIpc) is 2.98. The molecule has 0 unspecified atom stereocenters. The molecular formula is C23H18Cl2N2O4. The van der Waals surface area contributed by atoms with E-state index in [0.29, 0.717) is 28.2 Å². The molecule has 0 atom stereocenters. The summed E-state index contributed by atoms with van der Waals surface area (Å²) >= 11 is 12.5. The molecule has 8 heteroatoms. The van der Waals surface area contributed by atoms with E-state index in [4.69, 9.17) is 27.9 Å². The minimum absolute atomic E-state index is 0.0854. The standard InChI is InChI=1S/C23H18Cl2N2O4/c1-3-4-9-27-21(28)14-8-6-13(10-16(14)22(27)29)23(30)31-20-18(25)11-17(24)15-7-5-12(2)26-19(15)20/h5-8,10-11H,3-4,9H2,1-2H3. The van der Waals surface area contributed by atoms with Gasteiger partial charge < -0.3 is 4.74 Å². The lowest BCUT2D eigenvalue weighted by atomic mass is 10.1. The number of fused-ring (bicyclic) bond motifs is 2. The summed E-state index contributed by atoms with van der Waals surface area (Å²) in [4.78, 5) is 43.6. The number of nitrogens with zero attached hydrogens (tertiary/aromatic N) is 2. The first kappa shape index (κ1) is 21.3. The maximum absolute atomic E-state index is 12.9. The number of rotatable bonds is 5. The van der Waals surface area contributed by atoms with Gasteiger partial charge in [-0.2, -0.15) is 0 Å². The molecule has 2 amide bonds. The molecule has 0 aliphatic carbocycles. The van der Waals surface area contributed by atoms with E-state index >= 15 is 0 Å². The topological polar surface area (TPSA) is 76.6 Å². The van der Waals surface area contributed by atoms with Gasteiger partial charge in [0.1, 0.15) is 5.52 Å². The van der Waals surface area contributed by atoms with Gasteiger partial charge in [-0.3, -0.25) is 14.5 Å². The van der Waals surface area contributed by atoms with Crippen LogP contribution < -0.4 is 4.74 Å². The molecule has 1 aliphatic rings. The van der Waals surface area contributed by atoms with Crippen molar-refractivity contribution in [3.8, 4) is 5.75 Å². The van der Waals surface area contributed by atoms with Crippen LogP contribution in [-0.2, 0) is 0 Å².